The van der Waals surface area contributed by atoms with E-state index in [1.165, 1.54) is 18.2 Å². The van der Waals surface area contributed by atoms with Gasteiger partial charge in [0.25, 0.3) is 5.69 Å². The van der Waals surface area contributed by atoms with Crippen LogP contribution in [0.2, 0.25) is 0 Å². The summed E-state index contributed by atoms with van der Waals surface area (Å²) in [6, 6.07) is 14.6. The minimum Gasteiger partial charge on any atom is -0.481 e. The minimum atomic E-state index is -1.52. The molecule has 4 unspecified atom stereocenters. The highest BCUT2D eigenvalue weighted by Gasteiger charge is 2.68. The molecule has 6 atom stereocenters. The SMILES string of the molecule is CC1N[C@@H](C)C(C(=O)O)([C@@H]2CCN(Cc3ccccc3)C2)C(c2cccc([N+](=O)[O-])c2)C1(C)C(=O)O. The standard InChI is InChI=1S/C27H33N3O6/c1-17-26(3,24(31)32)23(20-10-7-11-22(14-20)30(35)36)27(25(33)34,18(2)28-17)21-12-13-29(16-21)15-19-8-5-4-6-9-19/h4-11,14,17-18,21,23,28H,12-13,15-16H2,1-3H3,(H,31,32)(H,33,34)/t17?,18-,21+,23?,26?,27?/m0/s1. The molecule has 0 spiro atoms. The second-order valence-electron chi connectivity index (χ2n) is 10.4. The summed E-state index contributed by atoms with van der Waals surface area (Å²) in [5, 5.41) is 36.3. The Morgan fingerprint density at radius 1 is 1.08 bits per heavy atom. The summed E-state index contributed by atoms with van der Waals surface area (Å²) in [7, 11) is 0. The molecule has 2 aromatic carbocycles. The summed E-state index contributed by atoms with van der Waals surface area (Å²) in [5.74, 6) is -3.56. The van der Waals surface area contributed by atoms with Crippen LogP contribution in [0.1, 0.15) is 44.2 Å². The van der Waals surface area contributed by atoms with Crippen molar-refractivity contribution >= 4 is 17.6 Å². The van der Waals surface area contributed by atoms with Crippen LogP contribution in [0.4, 0.5) is 5.69 Å². The Morgan fingerprint density at radius 3 is 2.39 bits per heavy atom. The Hall–Kier alpha value is -3.30. The number of piperidine rings is 1. The highest BCUT2D eigenvalue weighted by atomic mass is 16.6. The number of nitro benzene ring substituents is 1. The molecule has 4 rings (SSSR count). The van der Waals surface area contributed by atoms with Gasteiger partial charge in [0, 0.05) is 43.2 Å². The maximum Gasteiger partial charge on any atom is 0.312 e. The molecule has 2 aliphatic heterocycles. The van der Waals surface area contributed by atoms with Crippen LogP contribution in [0.5, 0.6) is 0 Å². The van der Waals surface area contributed by atoms with E-state index in [0.29, 0.717) is 31.6 Å². The van der Waals surface area contributed by atoms with Crippen molar-refractivity contribution in [3.8, 4) is 0 Å². The van der Waals surface area contributed by atoms with Gasteiger partial charge in [-0.15, -0.1) is 0 Å². The number of nitrogens with zero attached hydrogens (tertiary/aromatic N) is 2. The van der Waals surface area contributed by atoms with Crippen molar-refractivity contribution in [3.63, 3.8) is 0 Å². The van der Waals surface area contributed by atoms with Crippen molar-refractivity contribution in [1.82, 2.24) is 10.2 Å². The molecule has 2 aliphatic rings. The summed E-state index contributed by atoms with van der Waals surface area (Å²) in [5.41, 5.74) is -1.71. The predicted octanol–water partition coefficient (Wildman–Crippen LogP) is 3.74. The van der Waals surface area contributed by atoms with E-state index in [-0.39, 0.29) is 11.6 Å². The zero-order chi connectivity index (χ0) is 26.3. The van der Waals surface area contributed by atoms with Gasteiger partial charge in [0.15, 0.2) is 0 Å². The van der Waals surface area contributed by atoms with E-state index in [1.54, 1.807) is 26.8 Å². The average Bonchev–Trinajstić information content (AvgIpc) is 3.30. The number of carboxylic acids is 2. The fourth-order valence-corrected chi connectivity index (χ4v) is 6.71. The van der Waals surface area contributed by atoms with Gasteiger partial charge >= 0.3 is 11.9 Å². The fraction of sp³-hybridized carbons (Fsp3) is 0.481. The molecule has 0 amide bonds. The molecule has 9 heteroatoms. The van der Waals surface area contributed by atoms with Gasteiger partial charge in [-0.1, -0.05) is 42.5 Å². The number of nitro groups is 1. The van der Waals surface area contributed by atoms with E-state index in [4.69, 9.17) is 0 Å². The zero-order valence-corrected chi connectivity index (χ0v) is 20.8. The first kappa shape index (κ1) is 25.8. The molecule has 0 bridgehead atoms. The maximum absolute atomic E-state index is 13.4. The van der Waals surface area contributed by atoms with Gasteiger partial charge in [0.1, 0.15) is 0 Å². The van der Waals surface area contributed by atoms with Gasteiger partial charge in [-0.05, 0) is 50.8 Å². The molecule has 192 valence electrons. The number of rotatable bonds is 7. The number of carbonyl (C=O) groups is 2. The number of hydrogen-bond donors (Lipinski definition) is 3. The van der Waals surface area contributed by atoms with E-state index >= 15 is 0 Å². The number of aliphatic carboxylic acids is 2. The smallest absolute Gasteiger partial charge is 0.312 e. The first-order valence-electron chi connectivity index (χ1n) is 12.3. The lowest BCUT2D eigenvalue weighted by atomic mass is 9.48. The third-order valence-corrected chi connectivity index (χ3v) is 8.64. The van der Waals surface area contributed by atoms with Gasteiger partial charge in [0.2, 0.25) is 0 Å². The first-order chi connectivity index (χ1) is 17.0. The van der Waals surface area contributed by atoms with E-state index < -0.39 is 45.7 Å². The third kappa shape index (κ3) is 4.06. The predicted molar refractivity (Wildman–Crippen MR) is 134 cm³/mol. The lowest BCUT2D eigenvalue weighted by molar-refractivity contribution is -0.385. The maximum atomic E-state index is 13.4. The highest BCUT2D eigenvalue weighted by molar-refractivity contribution is 5.84. The number of non-ortho nitro benzene ring substituents is 1. The molecule has 0 aliphatic carbocycles. The number of benzene rings is 2. The number of hydrogen-bond acceptors (Lipinski definition) is 6. The van der Waals surface area contributed by atoms with Crippen LogP contribution in [-0.2, 0) is 16.1 Å². The monoisotopic (exact) mass is 495 g/mol. The lowest BCUT2D eigenvalue weighted by Gasteiger charge is -2.58. The Labute approximate surface area is 210 Å². The van der Waals surface area contributed by atoms with Crippen molar-refractivity contribution in [2.75, 3.05) is 13.1 Å². The molecule has 9 nitrogen and oxygen atoms in total. The number of carboxylic acid groups (broad SMARTS) is 2. The summed E-state index contributed by atoms with van der Waals surface area (Å²) < 4.78 is 0. The first-order valence-corrected chi connectivity index (χ1v) is 12.3. The molecule has 2 aromatic rings. The fourth-order valence-electron chi connectivity index (χ4n) is 6.71. The molecule has 36 heavy (non-hydrogen) atoms. The van der Waals surface area contributed by atoms with E-state index in [1.807, 2.05) is 30.3 Å². The van der Waals surface area contributed by atoms with Gasteiger partial charge in [0.05, 0.1) is 15.8 Å². The Bertz CT molecular complexity index is 1160. The Balaban J connectivity index is 1.85. The Morgan fingerprint density at radius 2 is 1.78 bits per heavy atom. The van der Waals surface area contributed by atoms with Crippen LogP contribution in [-0.4, -0.2) is 57.1 Å². The van der Waals surface area contributed by atoms with Gasteiger partial charge < -0.3 is 15.5 Å². The molecule has 2 heterocycles. The average molecular weight is 496 g/mol. The zero-order valence-electron chi connectivity index (χ0n) is 20.8. The van der Waals surface area contributed by atoms with Crippen LogP contribution < -0.4 is 5.32 Å². The molecule has 2 fully saturated rings. The van der Waals surface area contributed by atoms with Crippen molar-refractivity contribution in [1.29, 1.82) is 0 Å². The van der Waals surface area contributed by atoms with Crippen molar-refractivity contribution in [3.05, 3.63) is 75.8 Å². The van der Waals surface area contributed by atoms with E-state index in [9.17, 15) is 29.9 Å². The van der Waals surface area contributed by atoms with Crippen LogP contribution in [0.25, 0.3) is 0 Å². The van der Waals surface area contributed by atoms with Gasteiger partial charge in [-0.25, -0.2) is 0 Å². The quantitative estimate of drug-likeness (QED) is 0.391. The van der Waals surface area contributed by atoms with E-state index in [0.717, 1.165) is 5.56 Å². The van der Waals surface area contributed by atoms with Crippen LogP contribution in [0, 0.1) is 26.9 Å². The third-order valence-electron chi connectivity index (χ3n) is 8.64. The molecule has 2 saturated heterocycles. The van der Waals surface area contributed by atoms with Crippen LogP contribution >= 0.6 is 0 Å². The molecular weight excluding hydrogens is 462 g/mol. The topological polar surface area (TPSA) is 133 Å². The molecular formula is C27H33N3O6. The summed E-state index contributed by atoms with van der Waals surface area (Å²) in [4.78, 5) is 39.5. The van der Waals surface area contributed by atoms with Crippen molar-refractivity contribution in [2.24, 2.45) is 16.7 Å². The van der Waals surface area contributed by atoms with Crippen LogP contribution in [0.3, 0.4) is 0 Å². The lowest BCUT2D eigenvalue weighted by Crippen LogP contribution is -2.71. The second kappa shape index (κ2) is 9.63. The normalized spacial score (nSPS) is 32.8. The summed E-state index contributed by atoms with van der Waals surface area (Å²) in [6.45, 7) is 6.96. The molecule has 3 N–H and O–H groups in total. The largest absolute Gasteiger partial charge is 0.481 e. The highest BCUT2D eigenvalue weighted by Crippen LogP contribution is 2.60. The molecule has 0 radical (unpaired) electrons. The second-order valence-corrected chi connectivity index (χ2v) is 10.4. The van der Waals surface area contributed by atoms with E-state index in [2.05, 4.69) is 10.2 Å². The number of nitrogens with one attached hydrogen (secondary N) is 1. The van der Waals surface area contributed by atoms with Crippen molar-refractivity contribution in [2.45, 2.75) is 51.7 Å². The van der Waals surface area contributed by atoms with Gasteiger partial charge in [-0.3, -0.25) is 24.6 Å². The van der Waals surface area contributed by atoms with Crippen LogP contribution in [0.15, 0.2) is 54.6 Å². The molecule has 0 aromatic heterocycles. The van der Waals surface area contributed by atoms with Gasteiger partial charge in [-0.2, -0.15) is 0 Å². The van der Waals surface area contributed by atoms with Crippen molar-refractivity contribution < 1.29 is 24.7 Å². The summed E-state index contributed by atoms with van der Waals surface area (Å²) in [6.07, 6.45) is 0.584. The Kier molecular flexibility index (Phi) is 6.90. The summed E-state index contributed by atoms with van der Waals surface area (Å²) >= 11 is 0. The minimum absolute atomic E-state index is 0.185. The number of likely N-dealkylation sites (tertiary alicyclic amines) is 1. The molecule has 0 saturated carbocycles.